The molecule has 4 heteroatoms. The van der Waals surface area contributed by atoms with E-state index >= 15 is 0 Å². The molecule has 16 heavy (non-hydrogen) atoms. The third kappa shape index (κ3) is 1.70. The van der Waals surface area contributed by atoms with E-state index in [4.69, 9.17) is 0 Å². The maximum absolute atomic E-state index is 12.1. The minimum Gasteiger partial charge on any atom is -0.343 e. The molecule has 0 bridgehead atoms. The van der Waals surface area contributed by atoms with Crippen LogP contribution in [0, 0.1) is 11.8 Å². The largest absolute Gasteiger partial charge is 0.343 e. The summed E-state index contributed by atoms with van der Waals surface area (Å²) in [7, 11) is 0. The lowest BCUT2D eigenvalue weighted by Gasteiger charge is -2.37. The summed E-state index contributed by atoms with van der Waals surface area (Å²) in [5.74, 6) is 1.46. The van der Waals surface area contributed by atoms with E-state index in [1.165, 1.54) is 25.7 Å². The Morgan fingerprint density at radius 1 is 1.19 bits per heavy atom. The number of nitrogens with zero attached hydrogens (tertiary/aromatic N) is 1. The maximum Gasteiger partial charge on any atom is 0.245 e. The van der Waals surface area contributed by atoms with Gasteiger partial charge in [-0.1, -0.05) is 0 Å². The van der Waals surface area contributed by atoms with E-state index in [0.717, 1.165) is 0 Å². The molecule has 4 nitrogen and oxygen atoms in total. The topological polar surface area (TPSA) is 49.4 Å². The molecule has 3 aliphatic rings. The second kappa shape index (κ2) is 3.47. The molecule has 1 aliphatic heterocycles. The predicted molar refractivity (Wildman–Crippen MR) is 58.6 cm³/mol. The molecule has 2 saturated carbocycles. The summed E-state index contributed by atoms with van der Waals surface area (Å²) in [5.41, 5.74) is 0. The molecule has 0 aromatic rings. The predicted octanol–water partition coefficient (Wildman–Crippen LogP) is 0.522. The highest BCUT2D eigenvalue weighted by Crippen LogP contribution is 2.47. The second-order valence-electron chi connectivity index (χ2n) is 5.42. The molecule has 0 spiro atoms. The summed E-state index contributed by atoms with van der Waals surface area (Å²) >= 11 is 0. The smallest absolute Gasteiger partial charge is 0.245 e. The van der Waals surface area contributed by atoms with Crippen LogP contribution < -0.4 is 5.32 Å². The Bertz CT molecular complexity index is 322. The first-order valence-corrected chi connectivity index (χ1v) is 6.26. The molecule has 0 aromatic carbocycles. The highest BCUT2D eigenvalue weighted by Gasteiger charge is 2.48. The zero-order chi connectivity index (χ0) is 11.3. The van der Waals surface area contributed by atoms with Crippen molar-refractivity contribution in [3.8, 4) is 0 Å². The normalized spacial score (nSPS) is 30.9. The lowest BCUT2D eigenvalue weighted by molar-refractivity contribution is -0.147. The van der Waals surface area contributed by atoms with Crippen LogP contribution in [0.2, 0.25) is 0 Å². The molecule has 0 radical (unpaired) electrons. The first-order chi connectivity index (χ1) is 7.66. The summed E-state index contributed by atoms with van der Waals surface area (Å²) in [5, 5.41) is 2.70. The summed E-state index contributed by atoms with van der Waals surface area (Å²) < 4.78 is 0. The quantitative estimate of drug-likeness (QED) is 0.757. The number of piperazine rings is 1. The van der Waals surface area contributed by atoms with Gasteiger partial charge in [-0.15, -0.1) is 0 Å². The van der Waals surface area contributed by atoms with Gasteiger partial charge < -0.3 is 10.2 Å². The minimum absolute atomic E-state index is 0.00148. The highest BCUT2D eigenvalue weighted by molar-refractivity contribution is 5.94. The van der Waals surface area contributed by atoms with Gasteiger partial charge in [0.05, 0.1) is 6.54 Å². The molecule has 1 unspecified atom stereocenters. The molecule has 1 heterocycles. The standard InChI is InChI=1S/C12H18N2O2/c1-7-12(16)14(6-10(15)13-7)11(8-2-3-8)9-4-5-9/h7-9,11H,2-6H2,1H3,(H,13,15). The molecule has 2 amide bonds. The van der Waals surface area contributed by atoms with Crippen molar-refractivity contribution in [1.29, 1.82) is 0 Å². The fraction of sp³-hybridized carbons (Fsp3) is 0.833. The number of hydrogen-bond donors (Lipinski definition) is 1. The molecule has 1 N–H and O–H groups in total. The Balaban J connectivity index is 1.79. The molecule has 1 atom stereocenters. The van der Waals surface area contributed by atoms with Crippen LogP contribution in [0.25, 0.3) is 0 Å². The molecular weight excluding hydrogens is 204 g/mol. The van der Waals surface area contributed by atoms with Gasteiger partial charge in [-0.05, 0) is 44.4 Å². The first kappa shape index (κ1) is 10.1. The van der Waals surface area contributed by atoms with E-state index in [0.29, 0.717) is 17.9 Å². The average molecular weight is 222 g/mol. The van der Waals surface area contributed by atoms with Crippen molar-refractivity contribution < 1.29 is 9.59 Å². The molecule has 1 saturated heterocycles. The van der Waals surface area contributed by atoms with Crippen molar-refractivity contribution in [1.82, 2.24) is 10.2 Å². The lowest BCUT2D eigenvalue weighted by Crippen LogP contribution is -2.60. The molecule has 88 valence electrons. The number of nitrogens with one attached hydrogen (secondary N) is 1. The number of carbonyl (C=O) groups is 2. The molecule has 2 aliphatic carbocycles. The van der Waals surface area contributed by atoms with Crippen LogP contribution in [0.1, 0.15) is 32.6 Å². The minimum atomic E-state index is -0.332. The van der Waals surface area contributed by atoms with Gasteiger partial charge in [0, 0.05) is 6.04 Å². The number of amides is 2. The van der Waals surface area contributed by atoms with Gasteiger partial charge in [0.25, 0.3) is 0 Å². The SMILES string of the molecule is CC1NC(=O)CN(C(C2CC2)C2CC2)C1=O. The van der Waals surface area contributed by atoms with E-state index < -0.39 is 0 Å². The van der Waals surface area contributed by atoms with Crippen LogP contribution in [0.4, 0.5) is 0 Å². The number of rotatable bonds is 3. The van der Waals surface area contributed by atoms with Gasteiger partial charge in [-0.25, -0.2) is 0 Å². The summed E-state index contributed by atoms with van der Waals surface area (Å²) in [6.45, 7) is 2.06. The van der Waals surface area contributed by atoms with Gasteiger partial charge in [0.2, 0.25) is 11.8 Å². The Kier molecular flexibility index (Phi) is 2.19. The van der Waals surface area contributed by atoms with Crippen LogP contribution in [-0.4, -0.2) is 35.3 Å². The van der Waals surface area contributed by atoms with E-state index in [2.05, 4.69) is 5.32 Å². The molecule has 3 rings (SSSR count). The summed E-state index contributed by atoms with van der Waals surface area (Å²) in [6.07, 6.45) is 4.95. The van der Waals surface area contributed by atoms with Gasteiger partial charge in [-0.2, -0.15) is 0 Å². The average Bonchev–Trinajstić information content (AvgIpc) is 3.07. The van der Waals surface area contributed by atoms with Crippen molar-refractivity contribution in [3.63, 3.8) is 0 Å². The van der Waals surface area contributed by atoms with Crippen molar-refractivity contribution in [2.45, 2.75) is 44.7 Å². The van der Waals surface area contributed by atoms with Crippen LogP contribution >= 0.6 is 0 Å². The fourth-order valence-corrected chi connectivity index (χ4v) is 2.85. The van der Waals surface area contributed by atoms with Gasteiger partial charge in [0.1, 0.15) is 6.04 Å². The summed E-state index contributed by atoms with van der Waals surface area (Å²) in [6, 6.07) is 0.0299. The fourth-order valence-electron chi connectivity index (χ4n) is 2.85. The number of hydrogen-bond acceptors (Lipinski definition) is 2. The van der Waals surface area contributed by atoms with Gasteiger partial charge in [-0.3, -0.25) is 9.59 Å². The second-order valence-corrected chi connectivity index (χ2v) is 5.42. The third-order valence-electron chi connectivity index (χ3n) is 3.91. The highest BCUT2D eigenvalue weighted by atomic mass is 16.2. The Morgan fingerprint density at radius 3 is 2.25 bits per heavy atom. The third-order valence-corrected chi connectivity index (χ3v) is 3.91. The van der Waals surface area contributed by atoms with Crippen molar-refractivity contribution in [2.24, 2.45) is 11.8 Å². The van der Waals surface area contributed by atoms with Crippen molar-refractivity contribution >= 4 is 11.8 Å². The zero-order valence-electron chi connectivity index (χ0n) is 9.61. The van der Waals surface area contributed by atoms with Gasteiger partial charge >= 0.3 is 0 Å². The van der Waals surface area contributed by atoms with Crippen LogP contribution in [0.3, 0.4) is 0 Å². The number of carbonyl (C=O) groups excluding carboxylic acids is 2. The van der Waals surface area contributed by atoms with E-state index in [9.17, 15) is 9.59 Å². The monoisotopic (exact) mass is 222 g/mol. The van der Waals surface area contributed by atoms with E-state index in [1.807, 2.05) is 4.90 Å². The van der Waals surface area contributed by atoms with Crippen molar-refractivity contribution in [3.05, 3.63) is 0 Å². The van der Waals surface area contributed by atoms with E-state index in [1.54, 1.807) is 6.92 Å². The van der Waals surface area contributed by atoms with Crippen LogP contribution in [0.15, 0.2) is 0 Å². The van der Waals surface area contributed by atoms with Crippen molar-refractivity contribution in [2.75, 3.05) is 6.54 Å². The van der Waals surface area contributed by atoms with Gasteiger partial charge in [0.15, 0.2) is 0 Å². The first-order valence-electron chi connectivity index (χ1n) is 6.26. The lowest BCUT2D eigenvalue weighted by atomic mass is 10.0. The maximum atomic E-state index is 12.1. The summed E-state index contributed by atoms with van der Waals surface area (Å²) in [4.78, 5) is 25.5. The van der Waals surface area contributed by atoms with Crippen LogP contribution in [-0.2, 0) is 9.59 Å². The molecule has 3 fully saturated rings. The Hall–Kier alpha value is -1.06. The van der Waals surface area contributed by atoms with Crippen LogP contribution in [0.5, 0.6) is 0 Å². The molecular formula is C12H18N2O2. The van der Waals surface area contributed by atoms with E-state index in [-0.39, 0.29) is 24.4 Å². The Labute approximate surface area is 95.4 Å². The Morgan fingerprint density at radius 2 is 1.75 bits per heavy atom. The molecule has 0 aromatic heterocycles. The zero-order valence-corrected chi connectivity index (χ0v) is 9.61.